The van der Waals surface area contributed by atoms with E-state index < -0.39 is 22.5 Å². The Hall–Kier alpha value is -1.23. The summed E-state index contributed by atoms with van der Waals surface area (Å²) in [6, 6.07) is 4.42. The van der Waals surface area contributed by atoms with E-state index in [-0.39, 0.29) is 5.56 Å². The average Bonchev–Trinajstić information content (AvgIpc) is 2.27. The molecule has 5 heteroatoms. The molecule has 1 amide bonds. The highest BCUT2D eigenvalue weighted by atomic mass is 32.2. The zero-order valence-electron chi connectivity index (χ0n) is 9.96. The summed E-state index contributed by atoms with van der Waals surface area (Å²) in [7, 11) is -0.858. The number of aryl methyl sites for hydroxylation is 1. The average molecular weight is 257 g/mol. The zero-order valence-corrected chi connectivity index (χ0v) is 10.8. The molecular formula is C12H16FNO2S. The molecule has 0 aromatic heterocycles. The standard InChI is InChI=1S/C12H16FNO2S/c1-9-4-5-11(13)10(8-9)12(15)14-6-3-7-17(2)16/h4-5,8H,3,6-7H2,1-2H3,(H,14,15). The highest BCUT2D eigenvalue weighted by Gasteiger charge is 2.10. The van der Waals surface area contributed by atoms with Gasteiger partial charge < -0.3 is 5.32 Å². The molecule has 0 aliphatic heterocycles. The maximum absolute atomic E-state index is 13.3. The highest BCUT2D eigenvalue weighted by molar-refractivity contribution is 7.84. The largest absolute Gasteiger partial charge is 0.352 e. The number of hydrogen-bond acceptors (Lipinski definition) is 2. The van der Waals surface area contributed by atoms with E-state index in [0.29, 0.717) is 18.7 Å². The van der Waals surface area contributed by atoms with E-state index >= 15 is 0 Å². The number of halogens is 1. The van der Waals surface area contributed by atoms with Gasteiger partial charge in [-0.3, -0.25) is 9.00 Å². The van der Waals surface area contributed by atoms with Gasteiger partial charge in [0.05, 0.1) is 5.56 Å². The molecular weight excluding hydrogens is 241 g/mol. The fraction of sp³-hybridized carbons (Fsp3) is 0.417. The van der Waals surface area contributed by atoms with Crippen molar-refractivity contribution in [1.29, 1.82) is 0 Å². The molecule has 0 fully saturated rings. The van der Waals surface area contributed by atoms with Crippen LogP contribution in [0.2, 0.25) is 0 Å². The molecule has 1 N–H and O–H groups in total. The number of carbonyl (C=O) groups excluding carboxylic acids is 1. The van der Waals surface area contributed by atoms with Crippen molar-refractivity contribution in [3.63, 3.8) is 0 Å². The van der Waals surface area contributed by atoms with Crippen LogP contribution >= 0.6 is 0 Å². The van der Waals surface area contributed by atoms with Crippen molar-refractivity contribution in [2.45, 2.75) is 13.3 Å². The Morgan fingerprint density at radius 1 is 1.47 bits per heavy atom. The predicted molar refractivity (Wildman–Crippen MR) is 67.0 cm³/mol. The molecule has 0 bridgehead atoms. The van der Waals surface area contributed by atoms with Crippen molar-refractivity contribution < 1.29 is 13.4 Å². The van der Waals surface area contributed by atoms with E-state index in [1.165, 1.54) is 12.1 Å². The van der Waals surface area contributed by atoms with Crippen LogP contribution in [0.3, 0.4) is 0 Å². The number of hydrogen-bond donors (Lipinski definition) is 1. The van der Waals surface area contributed by atoms with Crippen molar-refractivity contribution in [2.24, 2.45) is 0 Å². The molecule has 1 aromatic carbocycles. The fourth-order valence-corrected chi connectivity index (χ4v) is 1.94. The van der Waals surface area contributed by atoms with Gasteiger partial charge in [-0.1, -0.05) is 11.6 Å². The number of amides is 1. The smallest absolute Gasteiger partial charge is 0.254 e. The molecule has 0 aliphatic carbocycles. The maximum Gasteiger partial charge on any atom is 0.254 e. The quantitative estimate of drug-likeness (QED) is 0.815. The Morgan fingerprint density at radius 2 is 2.18 bits per heavy atom. The van der Waals surface area contributed by atoms with Crippen LogP contribution in [0, 0.1) is 12.7 Å². The molecule has 1 unspecified atom stereocenters. The fourth-order valence-electron chi connectivity index (χ4n) is 1.39. The van der Waals surface area contributed by atoms with Gasteiger partial charge in [-0.25, -0.2) is 4.39 Å². The Labute approximate surface area is 103 Å². The molecule has 0 spiro atoms. The summed E-state index contributed by atoms with van der Waals surface area (Å²) in [6.07, 6.45) is 2.24. The van der Waals surface area contributed by atoms with Gasteiger partial charge in [0.2, 0.25) is 0 Å². The lowest BCUT2D eigenvalue weighted by atomic mass is 10.1. The second kappa shape index (κ2) is 6.49. The topological polar surface area (TPSA) is 46.2 Å². The number of rotatable bonds is 5. The van der Waals surface area contributed by atoms with Crippen LogP contribution in [0.1, 0.15) is 22.3 Å². The molecule has 1 aromatic rings. The zero-order chi connectivity index (χ0) is 12.8. The van der Waals surface area contributed by atoms with Crippen molar-refractivity contribution in [3.8, 4) is 0 Å². The Bertz CT molecular complexity index is 435. The molecule has 0 heterocycles. The van der Waals surface area contributed by atoms with E-state index in [1.807, 2.05) is 0 Å². The third-order valence-electron chi connectivity index (χ3n) is 2.26. The van der Waals surface area contributed by atoms with Crippen LogP contribution in [-0.2, 0) is 10.8 Å². The maximum atomic E-state index is 13.3. The van der Waals surface area contributed by atoms with Gasteiger partial charge in [-0.2, -0.15) is 0 Å². The first-order valence-corrected chi connectivity index (χ1v) is 7.08. The minimum Gasteiger partial charge on any atom is -0.352 e. The van der Waals surface area contributed by atoms with E-state index in [4.69, 9.17) is 0 Å². The molecule has 0 saturated heterocycles. The van der Waals surface area contributed by atoms with Gasteiger partial charge in [-0.05, 0) is 25.5 Å². The number of nitrogens with one attached hydrogen (secondary N) is 1. The molecule has 0 aliphatic rings. The predicted octanol–water partition coefficient (Wildman–Crippen LogP) is 1.63. The number of carbonyl (C=O) groups is 1. The second-order valence-corrected chi connectivity index (χ2v) is 5.42. The van der Waals surface area contributed by atoms with E-state index in [9.17, 15) is 13.4 Å². The van der Waals surface area contributed by atoms with Crippen LogP contribution < -0.4 is 5.32 Å². The van der Waals surface area contributed by atoms with E-state index in [0.717, 1.165) is 5.56 Å². The lowest BCUT2D eigenvalue weighted by molar-refractivity contribution is 0.0949. The molecule has 17 heavy (non-hydrogen) atoms. The van der Waals surface area contributed by atoms with Crippen molar-refractivity contribution >= 4 is 16.7 Å². The third kappa shape index (κ3) is 4.65. The van der Waals surface area contributed by atoms with Crippen LogP contribution in [0.5, 0.6) is 0 Å². The molecule has 1 rings (SSSR count). The SMILES string of the molecule is Cc1ccc(F)c(C(=O)NCCCS(C)=O)c1. The van der Waals surface area contributed by atoms with Crippen molar-refractivity contribution in [2.75, 3.05) is 18.6 Å². The lowest BCUT2D eigenvalue weighted by Gasteiger charge is -2.06. The van der Waals surface area contributed by atoms with Gasteiger partial charge >= 0.3 is 0 Å². The van der Waals surface area contributed by atoms with Gasteiger partial charge in [0.15, 0.2) is 0 Å². The molecule has 0 saturated carbocycles. The van der Waals surface area contributed by atoms with Gasteiger partial charge in [0, 0.05) is 29.4 Å². The minimum atomic E-state index is -0.858. The van der Waals surface area contributed by atoms with Gasteiger partial charge in [0.1, 0.15) is 5.82 Å². The second-order valence-electron chi connectivity index (χ2n) is 3.87. The Balaban J connectivity index is 2.52. The van der Waals surface area contributed by atoms with Gasteiger partial charge in [0.25, 0.3) is 5.91 Å². The summed E-state index contributed by atoms with van der Waals surface area (Å²) in [4.78, 5) is 11.6. The highest BCUT2D eigenvalue weighted by Crippen LogP contribution is 2.09. The van der Waals surface area contributed by atoms with Crippen molar-refractivity contribution in [1.82, 2.24) is 5.32 Å². The van der Waals surface area contributed by atoms with E-state index in [2.05, 4.69) is 5.32 Å². The summed E-state index contributed by atoms with van der Waals surface area (Å²) in [5.74, 6) is -0.406. The van der Waals surface area contributed by atoms with Crippen LogP contribution in [0.25, 0.3) is 0 Å². The molecule has 1 atom stereocenters. The van der Waals surface area contributed by atoms with Gasteiger partial charge in [-0.15, -0.1) is 0 Å². The Kier molecular flexibility index (Phi) is 5.28. The molecule has 0 radical (unpaired) electrons. The lowest BCUT2D eigenvalue weighted by Crippen LogP contribution is -2.26. The normalized spacial score (nSPS) is 12.2. The van der Waals surface area contributed by atoms with Crippen LogP contribution in [0.15, 0.2) is 18.2 Å². The minimum absolute atomic E-state index is 0.0580. The first-order chi connectivity index (χ1) is 8.00. The van der Waals surface area contributed by atoms with Crippen LogP contribution in [-0.4, -0.2) is 28.7 Å². The van der Waals surface area contributed by atoms with Crippen LogP contribution in [0.4, 0.5) is 4.39 Å². The molecule has 3 nitrogen and oxygen atoms in total. The monoisotopic (exact) mass is 257 g/mol. The Morgan fingerprint density at radius 3 is 2.82 bits per heavy atom. The molecule has 94 valence electrons. The van der Waals surface area contributed by atoms with Crippen molar-refractivity contribution in [3.05, 3.63) is 35.1 Å². The summed E-state index contributed by atoms with van der Waals surface area (Å²) in [5, 5.41) is 2.61. The number of benzene rings is 1. The summed E-state index contributed by atoms with van der Waals surface area (Å²) < 4.78 is 24.1. The van der Waals surface area contributed by atoms with E-state index in [1.54, 1.807) is 19.2 Å². The summed E-state index contributed by atoms with van der Waals surface area (Å²) in [6.45, 7) is 2.21. The summed E-state index contributed by atoms with van der Waals surface area (Å²) in [5.41, 5.74) is 0.897. The summed E-state index contributed by atoms with van der Waals surface area (Å²) >= 11 is 0. The first kappa shape index (κ1) is 13.8. The first-order valence-electron chi connectivity index (χ1n) is 5.35. The third-order valence-corrected chi connectivity index (χ3v) is 3.12.